The maximum absolute atomic E-state index is 12.6. The van der Waals surface area contributed by atoms with E-state index >= 15 is 0 Å². The number of hydrogen-bond donors (Lipinski definition) is 1. The van der Waals surface area contributed by atoms with Gasteiger partial charge in [0.05, 0.1) is 18.5 Å². The molecule has 0 bridgehead atoms. The third-order valence-corrected chi connectivity index (χ3v) is 4.17. The van der Waals surface area contributed by atoms with Gasteiger partial charge in [-0.25, -0.2) is 4.98 Å². The van der Waals surface area contributed by atoms with Crippen LogP contribution in [0.1, 0.15) is 23.3 Å². The van der Waals surface area contributed by atoms with Crippen molar-refractivity contribution in [3.05, 3.63) is 36.0 Å². The predicted octanol–water partition coefficient (Wildman–Crippen LogP) is 2.18. The van der Waals surface area contributed by atoms with Crippen molar-refractivity contribution >= 4 is 22.8 Å². The standard InChI is InChI=1S/C17H18N2O4/c1-23-13-5-7-14-11(9-13)4-6-15(18-14)16(20)19-8-2-3-12(10-19)17(21)22/h4-7,9,12H,2-3,8,10H2,1H3,(H,21,22)/t12-/m0/s1. The summed E-state index contributed by atoms with van der Waals surface area (Å²) in [6, 6.07) is 8.97. The van der Waals surface area contributed by atoms with E-state index in [0.717, 1.165) is 11.1 Å². The van der Waals surface area contributed by atoms with E-state index in [-0.39, 0.29) is 12.5 Å². The Bertz CT molecular complexity index is 759. The van der Waals surface area contributed by atoms with Gasteiger partial charge < -0.3 is 14.7 Å². The number of carbonyl (C=O) groups is 2. The molecule has 1 aliphatic rings. The smallest absolute Gasteiger partial charge is 0.308 e. The average molecular weight is 314 g/mol. The van der Waals surface area contributed by atoms with Crippen molar-refractivity contribution < 1.29 is 19.4 Å². The number of hydrogen-bond acceptors (Lipinski definition) is 4. The molecule has 0 saturated carbocycles. The first-order chi connectivity index (χ1) is 11.1. The summed E-state index contributed by atoms with van der Waals surface area (Å²) in [5, 5.41) is 10.0. The molecule has 1 N–H and O–H groups in total. The molecule has 1 saturated heterocycles. The van der Waals surface area contributed by atoms with Crippen molar-refractivity contribution in [3.63, 3.8) is 0 Å². The summed E-state index contributed by atoms with van der Waals surface area (Å²) in [5.74, 6) is -0.814. The van der Waals surface area contributed by atoms with Gasteiger partial charge in [-0.05, 0) is 37.1 Å². The van der Waals surface area contributed by atoms with E-state index in [1.807, 2.05) is 12.1 Å². The number of ether oxygens (including phenoxy) is 1. The van der Waals surface area contributed by atoms with Gasteiger partial charge in [-0.1, -0.05) is 6.07 Å². The second-order valence-electron chi connectivity index (χ2n) is 5.68. The first kappa shape index (κ1) is 15.3. The molecule has 120 valence electrons. The Morgan fingerprint density at radius 2 is 2.13 bits per heavy atom. The van der Waals surface area contributed by atoms with Crippen molar-refractivity contribution in [3.8, 4) is 5.75 Å². The van der Waals surface area contributed by atoms with E-state index < -0.39 is 11.9 Å². The number of aromatic nitrogens is 1. The van der Waals surface area contributed by atoms with Gasteiger partial charge in [0.25, 0.3) is 5.91 Å². The Hall–Kier alpha value is -2.63. The number of fused-ring (bicyclic) bond motifs is 1. The normalized spacial score (nSPS) is 18.0. The molecule has 0 unspecified atom stereocenters. The van der Waals surface area contributed by atoms with Gasteiger partial charge in [0.15, 0.2) is 0 Å². The quantitative estimate of drug-likeness (QED) is 0.939. The number of carboxylic acids is 1. The third kappa shape index (κ3) is 3.11. The van der Waals surface area contributed by atoms with Gasteiger partial charge in [0.1, 0.15) is 11.4 Å². The fourth-order valence-electron chi connectivity index (χ4n) is 2.87. The molecule has 6 heteroatoms. The lowest BCUT2D eigenvalue weighted by molar-refractivity contribution is -0.143. The fraction of sp³-hybridized carbons (Fsp3) is 0.353. The number of aliphatic carboxylic acids is 1. The average Bonchev–Trinajstić information content (AvgIpc) is 2.60. The summed E-state index contributed by atoms with van der Waals surface area (Å²) < 4.78 is 5.17. The van der Waals surface area contributed by atoms with Gasteiger partial charge >= 0.3 is 5.97 Å². The molecule has 1 aromatic carbocycles. The van der Waals surface area contributed by atoms with Crippen LogP contribution in [0.15, 0.2) is 30.3 Å². The summed E-state index contributed by atoms with van der Waals surface area (Å²) in [6.45, 7) is 0.821. The lowest BCUT2D eigenvalue weighted by Gasteiger charge is -2.30. The van der Waals surface area contributed by atoms with Crippen LogP contribution in [-0.2, 0) is 4.79 Å². The van der Waals surface area contributed by atoms with Crippen LogP contribution in [-0.4, -0.2) is 47.1 Å². The van der Waals surface area contributed by atoms with E-state index in [0.29, 0.717) is 30.6 Å². The number of benzene rings is 1. The monoisotopic (exact) mass is 314 g/mol. The van der Waals surface area contributed by atoms with Crippen molar-refractivity contribution in [2.24, 2.45) is 5.92 Å². The van der Waals surface area contributed by atoms with E-state index in [1.165, 1.54) is 0 Å². The molecule has 2 aromatic rings. The molecule has 23 heavy (non-hydrogen) atoms. The van der Waals surface area contributed by atoms with Gasteiger partial charge in [-0.3, -0.25) is 9.59 Å². The van der Waals surface area contributed by atoms with Crippen LogP contribution in [0.25, 0.3) is 10.9 Å². The molecule has 0 radical (unpaired) electrons. The van der Waals surface area contributed by atoms with Gasteiger partial charge in [-0.15, -0.1) is 0 Å². The number of likely N-dealkylation sites (tertiary alicyclic amines) is 1. The molecule has 1 amide bonds. The molecule has 1 atom stereocenters. The summed E-state index contributed by atoms with van der Waals surface area (Å²) >= 11 is 0. The minimum atomic E-state index is -0.846. The molecule has 6 nitrogen and oxygen atoms in total. The van der Waals surface area contributed by atoms with Crippen molar-refractivity contribution in [2.75, 3.05) is 20.2 Å². The number of carbonyl (C=O) groups excluding carboxylic acids is 1. The number of amides is 1. The maximum Gasteiger partial charge on any atom is 0.308 e. The second kappa shape index (κ2) is 6.24. The number of methoxy groups -OCH3 is 1. The number of piperidine rings is 1. The van der Waals surface area contributed by atoms with Crippen LogP contribution >= 0.6 is 0 Å². The second-order valence-corrected chi connectivity index (χ2v) is 5.68. The molecule has 2 heterocycles. The summed E-state index contributed by atoms with van der Waals surface area (Å²) in [4.78, 5) is 29.7. The van der Waals surface area contributed by atoms with Crippen molar-refractivity contribution in [2.45, 2.75) is 12.8 Å². The van der Waals surface area contributed by atoms with Crippen molar-refractivity contribution in [1.82, 2.24) is 9.88 Å². The summed E-state index contributed by atoms with van der Waals surface area (Å²) in [7, 11) is 1.60. The predicted molar refractivity (Wildman–Crippen MR) is 84.6 cm³/mol. The summed E-state index contributed by atoms with van der Waals surface area (Å²) in [6.07, 6.45) is 1.32. The Kier molecular flexibility index (Phi) is 4.14. The van der Waals surface area contributed by atoms with Crippen LogP contribution < -0.4 is 4.74 Å². The maximum atomic E-state index is 12.6. The number of pyridine rings is 1. The highest BCUT2D eigenvalue weighted by Crippen LogP contribution is 2.22. The van der Waals surface area contributed by atoms with Crippen LogP contribution in [0.5, 0.6) is 5.75 Å². The molecular formula is C17H18N2O4. The lowest BCUT2D eigenvalue weighted by atomic mass is 9.98. The van der Waals surface area contributed by atoms with E-state index in [1.54, 1.807) is 30.2 Å². The zero-order valence-corrected chi connectivity index (χ0v) is 12.9. The minimum absolute atomic E-state index is 0.214. The van der Waals surface area contributed by atoms with Crippen LogP contribution in [0.4, 0.5) is 0 Å². The van der Waals surface area contributed by atoms with E-state index in [9.17, 15) is 9.59 Å². The lowest BCUT2D eigenvalue weighted by Crippen LogP contribution is -2.42. The molecule has 1 aliphatic heterocycles. The highest BCUT2D eigenvalue weighted by Gasteiger charge is 2.29. The number of nitrogens with zero attached hydrogens (tertiary/aromatic N) is 2. The molecule has 3 rings (SSSR count). The Balaban J connectivity index is 1.84. The fourth-order valence-corrected chi connectivity index (χ4v) is 2.87. The van der Waals surface area contributed by atoms with Crippen LogP contribution in [0.3, 0.4) is 0 Å². The SMILES string of the molecule is COc1ccc2nc(C(=O)N3CCC[C@H](C(=O)O)C3)ccc2c1. The third-order valence-electron chi connectivity index (χ3n) is 4.17. The van der Waals surface area contributed by atoms with Crippen LogP contribution in [0.2, 0.25) is 0 Å². The number of carboxylic acid groups (broad SMARTS) is 1. The van der Waals surface area contributed by atoms with E-state index in [2.05, 4.69) is 4.98 Å². The van der Waals surface area contributed by atoms with E-state index in [4.69, 9.17) is 9.84 Å². The zero-order chi connectivity index (χ0) is 16.4. The van der Waals surface area contributed by atoms with Gasteiger partial charge in [0.2, 0.25) is 0 Å². The molecule has 1 aromatic heterocycles. The van der Waals surface area contributed by atoms with Crippen LogP contribution in [0, 0.1) is 5.92 Å². The highest BCUT2D eigenvalue weighted by atomic mass is 16.5. The molecular weight excluding hydrogens is 296 g/mol. The van der Waals surface area contributed by atoms with Crippen molar-refractivity contribution in [1.29, 1.82) is 0 Å². The Morgan fingerprint density at radius 1 is 1.30 bits per heavy atom. The van der Waals surface area contributed by atoms with Gasteiger partial charge in [-0.2, -0.15) is 0 Å². The topological polar surface area (TPSA) is 79.7 Å². The summed E-state index contributed by atoms with van der Waals surface area (Å²) in [5.41, 5.74) is 1.05. The first-order valence-corrected chi connectivity index (χ1v) is 7.55. The van der Waals surface area contributed by atoms with Gasteiger partial charge in [0, 0.05) is 18.5 Å². The Morgan fingerprint density at radius 3 is 2.87 bits per heavy atom. The number of rotatable bonds is 3. The molecule has 0 aliphatic carbocycles. The molecule has 1 fully saturated rings. The zero-order valence-electron chi connectivity index (χ0n) is 12.9. The largest absolute Gasteiger partial charge is 0.497 e. The first-order valence-electron chi connectivity index (χ1n) is 7.55. The minimum Gasteiger partial charge on any atom is -0.497 e. The molecule has 0 spiro atoms. The highest BCUT2D eigenvalue weighted by molar-refractivity contribution is 5.95. The Labute approximate surface area is 133 Å².